The van der Waals surface area contributed by atoms with Crippen LogP contribution < -0.4 is 10.5 Å². The highest BCUT2D eigenvalue weighted by Crippen LogP contribution is 2.23. The van der Waals surface area contributed by atoms with Crippen molar-refractivity contribution in [3.8, 4) is 0 Å². The van der Waals surface area contributed by atoms with Crippen LogP contribution in [0.15, 0.2) is 24.8 Å². The van der Waals surface area contributed by atoms with Gasteiger partial charge in [-0.2, -0.15) is 0 Å². The molecule has 2 saturated heterocycles. The molecule has 0 saturated carbocycles. The van der Waals surface area contributed by atoms with Crippen LogP contribution in [-0.4, -0.2) is 59.6 Å². The van der Waals surface area contributed by atoms with Crippen molar-refractivity contribution in [1.29, 1.82) is 0 Å². The lowest BCUT2D eigenvalue weighted by Crippen LogP contribution is -2.38. The zero-order valence-electron chi connectivity index (χ0n) is 12.5. The zero-order chi connectivity index (χ0) is 16.9. The number of anilines is 2. The Morgan fingerprint density at radius 1 is 0.917 bits per heavy atom. The number of rotatable bonds is 5. The lowest BCUT2D eigenvalue weighted by molar-refractivity contribution is 0.111. The van der Waals surface area contributed by atoms with Crippen LogP contribution in [-0.2, 0) is 9.31 Å². The van der Waals surface area contributed by atoms with E-state index < -0.39 is 0 Å². The molecular weight excluding hydrogens is 314 g/mol. The van der Waals surface area contributed by atoms with E-state index in [1.54, 1.807) is 0 Å². The smallest absolute Gasteiger partial charge is 0.418 e. The summed E-state index contributed by atoms with van der Waals surface area (Å²) >= 11 is 0. The van der Waals surface area contributed by atoms with Crippen molar-refractivity contribution in [1.82, 2.24) is 19.9 Å². The van der Waals surface area contributed by atoms with Gasteiger partial charge in [-0.3, -0.25) is 9.59 Å². The van der Waals surface area contributed by atoms with Crippen LogP contribution in [0.2, 0.25) is 0 Å². The minimum Gasteiger partial charge on any atom is -0.418 e. The SMILES string of the molecule is Nc1ncc(C=O)cn1.O=Cc1cnc(N(B2CO2)B2CO2)nc1. The molecule has 12 heteroatoms. The van der Waals surface area contributed by atoms with Gasteiger partial charge in [0.1, 0.15) is 0 Å². The number of nitrogens with zero attached hydrogens (tertiary/aromatic N) is 5. The first-order valence-electron chi connectivity index (χ1n) is 7.02. The first-order valence-corrected chi connectivity index (χ1v) is 7.02. The van der Waals surface area contributed by atoms with Gasteiger partial charge in [-0.15, -0.1) is 0 Å². The Bertz CT molecular complexity index is 696. The van der Waals surface area contributed by atoms with Crippen LogP contribution in [0.4, 0.5) is 11.9 Å². The van der Waals surface area contributed by atoms with Crippen molar-refractivity contribution in [3.63, 3.8) is 0 Å². The van der Waals surface area contributed by atoms with Gasteiger partial charge in [0.05, 0.1) is 24.1 Å². The molecule has 120 valence electrons. The molecular formula is C12H12B2N6O4. The van der Waals surface area contributed by atoms with Crippen LogP contribution in [0, 0.1) is 0 Å². The fraction of sp³-hybridized carbons (Fsp3) is 0.167. The number of aldehydes is 2. The molecule has 0 radical (unpaired) electrons. The molecule has 0 amide bonds. The lowest BCUT2D eigenvalue weighted by atomic mass is 9.77. The third kappa shape index (κ3) is 4.12. The second-order valence-corrected chi connectivity index (χ2v) is 4.91. The van der Waals surface area contributed by atoms with Crippen LogP contribution in [0.25, 0.3) is 0 Å². The van der Waals surface area contributed by atoms with Gasteiger partial charge in [-0.25, -0.2) is 19.9 Å². The molecule has 24 heavy (non-hydrogen) atoms. The quantitative estimate of drug-likeness (QED) is 0.417. The average Bonchev–Trinajstić information content (AvgIpc) is 3.52. The second kappa shape index (κ2) is 7.15. The van der Waals surface area contributed by atoms with Crippen molar-refractivity contribution >= 4 is 38.6 Å². The fourth-order valence-corrected chi connectivity index (χ4v) is 1.78. The van der Waals surface area contributed by atoms with Crippen LogP contribution in [0.5, 0.6) is 0 Å². The third-order valence-electron chi connectivity index (χ3n) is 3.11. The van der Waals surface area contributed by atoms with Gasteiger partial charge in [-0.05, 0) is 0 Å². The number of hydrogen-bond acceptors (Lipinski definition) is 10. The molecule has 10 nitrogen and oxygen atoms in total. The maximum atomic E-state index is 10.4. The highest BCUT2D eigenvalue weighted by Gasteiger charge is 2.51. The normalized spacial score (nSPS) is 14.3. The van der Waals surface area contributed by atoms with Gasteiger partial charge in [0.15, 0.2) is 12.6 Å². The third-order valence-corrected chi connectivity index (χ3v) is 3.11. The van der Waals surface area contributed by atoms with Gasteiger partial charge in [0.2, 0.25) is 11.9 Å². The Labute approximate surface area is 137 Å². The molecule has 0 aromatic carbocycles. The standard InChI is InChI=1S/C7H7B2N3O3.C5H5N3O/c13-3-6-1-10-7(11-2-6)12(8-4-14-8)9-5-15-9;6-5-7-1-4(3-9)2-8-5/h1-3H,4-5H2;1-3H,(H2,6,7,8). The van der Waals surface area contributed by atoms with E-state index >= 15 is 0 Å². The molecule has 2 aromatic heterocycles. The summed E-state index contributed by atoms with van der Waals surface area (Å²) < 4.78 is 12.2. The highest BCUT2D eigenvalue weighted by atomic mass is 16.5. The largest absolute Gasteiger partial charge is 0.432 e. The Kier molecular flexibility index (Phi) is 4.77. The predicted molar refractivity (Wildman–Crippen MR) is 85.1 cm³/mol. The summed E-state index contributed by atoms with van der Waals surface area (Å²) in [4.78, 5) is 35.8. The minimum atomic E-state index is 0.0274. The molecule has 0 atom stereocenters. The van der Waals surface area contributed by atoms with Crippen LogP contribution >= 0.6 is 0 Å². The van der Waals surface area contributed by atoms with E-state index in [2.05, 4.69) is 19.9 Å². The molecule has 4 heterocycles. The van der Waals surface area contributed by atoms with E-state index in [1.165, 1.54) is 24.8 Å². The molecule has 4 rings (SSSR count). The van der Waals surface area contributed by atoms with Crippen molar-refractivity contribution in [2.24, 2.45) is 0 Å². The fourth-order valence-electron chi connectivity index (χ4n) is 1.78. The Morgan fingerprint density at radius 2 is 1.33 bits per heavy atom. The summed E-state index contributed by atoms with van der Waals surface area (Å²) in [6, 6.07) is 0. The maximum Gasteiger partial charge on any atom is 0.432 e. The van der Waals surface area contributed by atoms with Crippen molar-refractivity contribution < 1.29 is 18.9 Å². The predicted octanol–water partition coefficient (Wildman–Crippen LogP) is -0.918. The summed E-state index contributed by atoms with van der Waals surface area (Å²) in [5.41, 5.74) is 6.04. The summed E-state index contributed by atoms with van der Waals surface area (Å²) in [6.45, 7) is 1.36. The first kappa shape index (κ1) is 16.0. The molecule has 0 unspecified atom stereocenters. The van der Waals surface area contributed by atoms with Crippen LogP contribution in [0.1, 0.15) is 20.7 Å². The molecule has 0 bridgehead atoms. The van der Waals surface area contributed by atoms with E-state index in [0.29, 0.717) is 36.4 Å². The van der Waals surface area contributed by atoms with E-state index in [9.17, 15) is 9.59 Å². The number of hydrogen-bond donors (Lipinski definition) is 1. The van der Waals surface area contributed by atoms with Gasteiger partial charge in [0, 0.05) is 24.8 Å². The molecule has 2 fully saturated rings. The van der Waals surface area contributed by atoms with E-state index in [1.807, 2.05) is 4.72 Å². The van der Waals surface area contributed by atoms with E-state index in [-0.39, 0.29) is 20.0 Å². The minimum absolute atomic E-state index is 0.0274. The molecule has 2 aromatic rings. The van der Waals surface area contributed by atoms with Gasteiger partial charge in [0.25, 0.3) is 0 Å². The van der Waals surface area contributed by atoms with Crippen molar-refractivity contribution in [3.05, 3.63) is 35.9 Å². The number of aromatic nitrogens is 4. The number of nitrogens with two attached hydrogens (primary N) is 1. The van der Waals surface area contributed by atoms with E-state index in [0.717, 1.165) is 6.29 Å². The average molecular weight is 326 g/mol. The molecule has 0 aliphatic carbocycles. The van der Waals surface area contributed by atoms with Gasteiger partial charge >= 0.3 is 14.1 Å². The number of nitrogen functional groups attached to an aromatic ring is 1. The first-order chi connectivity index (χ1) is 11.7. The number of carbonyl (C=O) groups excluding carboxylic acids is 2. The summed E-state index contributed by atoms with van der Waals surface area (Å²) in [5.74, 6) is 0.728. The summed E-state index contributed by atoms with van der Waals surface area (Å²) in [6.07, 6.45) is 7.11. The van der Waals surface area contributed by atoms with Crippen molar-refractivity contribution in [2.75, 3.05) is 23.5 Å². The summed E-state index contributed by atoms with van der Waals surface area (Å²) in [7, 11) is 0.0548. The molecule has 2 N–H and O–H groups in total. The van der Waals surface area contributed by atoms with Crippen molar-refractivity contribution in [2.45, 2.75) is 0 Å². The second-order valence-electron chi connectivity index (χ2n) is 4.91. The van der Waals surface area contributed by atoms with E-state index in [4.69, 9.17) is 15.0 Å². The Balaban J connectivity index is 0.000000162. The summed E-state index contributed by atoms with van der Waals surface area (Å²) in [5, 5.41) is 0. The monoisotopic (exact) mass is 326 g/mol. The molecule has 2 aliphatic rings. The Hall–Kier alpha value is -2.85. The maximum absolute atomic E-state index is 10.4. The van der Waals surface area contributed by atoms with Gasteiger partial charge < -0.3 is 19.8 Å². The van der Waals surface area contributed by atoms with Crippen LogP contribution in [0.3, 0.4) is 0 Å². The molecule has 2 aliphatic heterocycles. The van der Waals surface area contributed by atoms with Gasteiger partial charge in [-0.1, -0.05) is 0 Å². The lowest BCUT2D eigenvalue weighted by Gasteiger charge is -2.14. The molecule has 0 spiro atoms. The Morgan fingerprint density at radius 3 is 1.71 bits per heavy atom. The zero-order valence-corrected chi connectivity index (χ0v) is 12.5. The topological polar surface area (TPSA) is 140 Å². The highest BCUT2D eigenvalue weighted by molar-refractivity contribution is 6.84. The number of carbonyl (C=O) groups is 2.